The normalized spacial score (nSPS) is 10.3. The predicted octanol–water partition coefficient (Wildman–Crippen LogP) is 3.79. The number of hydrogen-bond acceptors (Lipinski definition) is 4. The molecule has 0 atom stereocenters. The van der Waals surface area contributed by atoms with E-state index < -0.39 is 0 Å². The third kappa shape index (κ3) is 2.47. The average molecular weight is 264 g/mol. The van der Waals surface area contributed by atoms with Crippen LogP contribution in [-0.2, 0) is 0 Å². The first kappa shape index (κ1) is 12.2. The number of ether oxygens (including phenoxy) is 1. The highest BCUT2D eigenvalue weighted by Crippen LogP contribution is 2.26. The Morgan fingerprint density at radius 1 is 1.15 bits per heavy atom. The Kier molecular flexibility index (Phi) is 3.34. The van der Waals surface area contributed by atoms with Crippen molar-refractivity contribution in [1.82, 2.24) is 4.98 Å². The molecule has 98 valence electrons. The van der Waals surface area contributed by atoms with Gasteiger partial charge < -0.3 is 9.15 Å². The Hall–Kier alpha value is -2.80. The molecule has 0 unspecified atom stereocenters. The van der Waals surface area contributed by atoms with Gasteiger partial charge in [0.15, 0.2) is 5.58 Å². The zero-order valence-corrected chi connectivity index (χ0v) is 10.7. The molecule has 4 heteroatoms. The number of benzene rings is 2. The van der Waals surface area contributed by atoms with E-state index in [9.17, 15) is 0 Å². The van der Waals surface area contributed by atoms with Gasteiger partial charge in [0.1, 0.15) is 17.9 Å². The van der Waals surface area contributed by atoms with E-state index in [1.807, 2.05) is 54.6 Å². The lowest BCUT2D eigenvalue weighted by molar-refractivity contribution is 0.327. The first-order valence-electron chi connectivity index (χ1n) is 6.32. The monoisotopic (exact) mass is 264 g/mol. The van der Waals surface area contributed by atoms with Gasteiger partial charge in [-0.05, 0) is 24.3 Å². The van der Waals surface area contributed by atoms with Crippen molar-refractivity contribution in [3.8, 4) is 23.3 Å². The van der Waals surface area contributed by atoms with Gasteiger partial charge in [-0.3, -0.25) is 0 Å². The molecule has 0 fully saturated rings. The summed E-state index contributed by atoms with van der Waals surface area (Å²) in [5.41, 5.74) is 2.41. The summed E-state index contributed by atoms with van der Waals surface area (Å²) >= 11 is 0. The van der Waals surface area contributed by atoms with Crippen LogP contribution in [0.15, 0.2) is 52.9 Å². The fraction of sp³-hybridized carbons (Fsp3) is 0.125. The summed E-state index contributed by atoms with van der Waals surface area (Å²) < 4.78 is 11.2. The first-order valence-corrected chi connectivity index (χ1v) is 6.32. The van der Waals surface area contributed by atoms with E-state index in [0.29, 0.717) is 24.7 Å². The Morgan fingerprint density at radius 3 is 2.80 bits per heavy atom. The van der Waals surface area contributed by atoms with Crippen LogP contribution in [0.5, 0.6) is 5.75 Å². The highest BCUT2D eigenvalue weighted by Gasteiger charge is 2.08. The van der Waals surface area contributed by atoms with Crippen LogP contribution in [0, 0.1) is 11.3 Å². The summed E-state index contributed by atoms with van der Waals surface area (Å²) in [5, 5.41) is 8.49. The van der Waals surface area contributed by atoms with E-state index in [4.69, 9.17) is 14.4 Å². The maximum Gasteiger partial charge on any atom is 0.227 e. The molecular formula is C16H12N2O2. The van der Waals surface area contributed by atoms with Crippen LogP contribution >= 0.6 is 0 Å². The highest BCUT2D eigenvalue weighted by molar-refractivity contribution is 5.77. The zero-order chi connectivity index (χ0) is 13.8. The topological polar surface area (TPSA) is 59.0 Å². The van der Waals surface area contributed by atoms with Crippen LogP contribution in [-0.4, -0.2) is 11.6 Å². The summed E-state index contributed by atoms with van der Waals surface area (Å²) in [7, 11) is 0. The van der Waals surface area contributed by atoms with Gasteiger partial charge in [0.25, 0.3) is 0 Å². The molecule has 0 saturated heterocycles. The largest absolute Gasteiger partial charge is 0.492 e. The second-order valence-corrected chi connectivity index (χ2v) is 4.27. The van der Waals surface area contributed by atoms with E-state index in [1.54, 1.807) is 0 Å². The maximum atomic E-state index is 8.49. The first-order chi connectivity index (χ1) is 9.86. The van der Waals surface area contributed by atoms with Crippen molar-refractivity contribution in [3.05, 3.63) is 48.5 Å². The van der Waals surface area contributed by atoms with Gasteiger partial charge in [0.2, 0.25) is 5.89 Å². The van der Waals surface area contributed by atoms with E-state index in [2.05, 4.69) is 4.98 Å². The van der Waals surface area contributed by atoms with E-state index in [-0.39, 0.29) is 0 Å². The van der Waals surface area contributed by atoms with E-state index in [1.165, 1.54) is 0 Å². The second kappa shape index (κ2) is 5.45. The Bertz CT molecular complexity index is 757. The molecule has 2 aromatic carbocycles. The standard InChI is InChI=1S/C16H12N2O2/c17-9-4-10-19-13-7-8-15-14(11-13)18-16(20-15)12-5-2-1-3-6-12/h1-3,5-8,11H,4,10H2. The van der Waals surface area contributed by atoms with E-state index >= 15 is 0 Å². The predicted molar refractivity (Wildman–Crippen MR) is 75.2 cm³/mol. The van der Waals surface area contributed by atoms with Crippen LogP contribution in [0.1, 0.15) is 6.42 Å². The van der Waals surface area contributed by atoms with Crippen molar-refractivity contribution in [1.29, 1.82) is 5.26 Å². The minimum absolute atomic E-state index is 0.367. The number of nitriles is 1. The molecule has 0 N–H and O–H groups in total. The summed E-state index contributed by atoms with van der Waals surface area (Å²) in [6.07, 6.45) is 0.367. The fourth-order valence-electron chi connectivity index (χ4n) is 1.92. The van der Waals surface area contributed by atoms with Gasteiger partial charge in [-0.1, -0.05) is 18.2 Å². The smallest absolute Gasteiger partial charge is 0.227 e. The van der Waals surface area contributed by atoms with Crippen LogP contribution in [0.2, 0.25) is 0 Å². The van der Waals surface area contributed by atoms with E-state index in [0.717, 1.165) is 16.7 Å². The Labute approximate surface area is 116 Å². The Balaban J connectivity index is 1.90. The Morgan fingerprint density at radius 2 is 2.00 bits per heavy atom. The van der Waals surface area contributed by atoms with Gasteiger partial charge in [-0.2, -0.15) is 5.26 Å². The SMILES string of the molecule is N#CCCOc1ccc2oc(-c3ccccc3)nc2c1. The molecule has 0 aliphatic rings. The van der Waals surface area contributed by atoms with Crippen LogP contribution in [0.4, 0.5) is 0 Å². The lowest BCUT2D eigenvalue weighted by atomic mass is 10.2. The third-order valence-electron chi connectivity index (χ3n) is 2.86. The molecule has 0 radical (unpaired) electrons. The summed E-state index contributed by atoms with van der Waals surface area (Å²) in [5.74, 6) is 1.29. The van der Waals surface area contributed by atoms with Crippen LogP contribution < -0.4 is 4.74 Å². The average Bonchev–Trinajstić information content (AvgIpc) is 2.92. The molecule has 20 heavy (non-hydrogen) atoms. The molecule has 4 nitrogen and oxygen atoms in total. The zero-order valence-electron chi connectivity index (χ0n) is 10.7. The quantitative estimate of drug-likeness (QED) is 0.673. The number of fused-ring (bicyclic) bond motifs is 1. The summed E-state index contributed by atoms with van der Waals surface area (Å²) in [6.45, 7) is 0.380. The molecular weight excluding hydrogens is 252 g/mol. The van der Waals surface area contributed by atoms with Crippen LogP contribution in [0.25, 0.3) is 22.6 Å². The van der Waals surface area contributed by atoms with Gasteiger partial charge in [-0.25, -0.2) is 4.98 Å². The molecule has 0 aliphatic carbocycles. The molecule has 3 rings (SSSR count). The number of hydrogen-bond donors (Lipinski definition) is 0. The molecule has 0 amide bonds. The minimum atomic E-state index is 0.367. The molecule has 0 aliphatic heterocycles. The second-order valence-electron chi connectivity index (χ2n) is 4.27. The molecule has 0 saturated carbocycles. The van der Waals surface area contributed by atoms with Crippen molar-refractivity contribution in [3.63, 3.8) is 0 Å². The van der Waals surface area contributed by atoms with Gasteiger partial charge in [0.05, 0.1) is 12.5 Å². The van der Waals surface area contributed by atoms with Crippen molar-refractivity contribution >= 4 is 11.1 Å². The molecule has 0 bridgehead atoms. The van der Waals surface area contributed by atoms with Crippen LogP contribution in [0.3, 0.4) is 0 Å². The highest BCUT2D eigenvalue weighted by atomic mass is 16.5. The van der Waals surface area contributed by atoms with Crippen molar-refractivity contribution in [2.75, 3.05) is 6.61 Å². The summed E-state index contributed by atoms with van der Waals surface area (Å²) in [4.78, 5) is 4.46. The summed E-state index contributed by atoms with van der Waals surface area (Å²) in [6, 6.07) is 17.3. The minimum Gasteiger partial charge on any atom is -0.492 e. The molecule has 1 aromatic heterocycles. The third-order valence-corrected chi connectivity index (χ3v) is 2.86. The molecule has 3 aromatic rings. The fourth-order valence-corrected chi connectivity index (χ4v) is 1.92. The maximum absolute atomic E-state index is 8.49. The number of aromatic nitrogens is 1. The molecule has 1 heterocycles. The van der Waals surface area contributed by atoms with Crippen molar-refractivity contribution < 1.29 is 9.15 Å². The lowest BCUT2D eigenvalue weighted by Gasteiger charge is -2.01. The number of nitrogens with zero attached hydrogens (tertiary/aromatic N) is 2. The lowest BCUT2D eigenvalue weighted by Crippen LogP contribution is -1.95. The molecule has 0 spiro atoms. The van der Waals surface area contributed by atoms with Gasteiger partial charge >= 0.3 is 0 Å². The van der Waals surface area contributed by atoms with Gasteiger partial charge in [0, 0.05) is 11.6 Å². The van der Waals surface area contributed by atoms with Gasteiger partial charge in [-0.15, -0.1) is 0 Å². The van der Waals surface area contributed by atoms with Crippen molar-refractivity contribution in [2.24, 2.45) is 0 Å². The number of oxazole rings is 1. The van der Waals surface area contributed by atoms with Crippen molar-refractivity contribution in [2.45, 2.75) is 6.42 Å². The number of rotatable bonds is 4.